The van der Waals surface area contributed by atoms with Gasteiger partial charge in [-0.15, -0.1) is 0 Å². The molecule has 2 aliphatic rings. The molecular weight excluding hydrogens is 378 g/mol. The van der Waals surface area contributed by atoms with Gasteiger partial charge in [-0.25, -0.2) is 23.5 Å². The molecule has 2 amide bonds. The number of rotatable bonds is 3. The maximum atomic E-state index is 13.8. The molecule has 2 fully saturated rings. The molecule has 9 heteroatoms. The number of amides is 2. The van der Waals surface area contributed by atoms with Crippen LogP contribution in [0.2, 0.25) is 0 Å². The predicted octanol–water partition coefficient (Wildman–Crippen LogP) is 3.02. The topological polar surface area (TPSA) is 64.6 Å². The molecule has 0 unspecified atom stereocenters. The summed E-state index contributed by atoms with van der Waals surface area (Å²) >= 11 is 0. The van der Waals surface area contributed by atoms with Crippen molar-refractivity contribution in [3.05, 3.63) is 41.7 Å². The van der Waals surface area contributed by atoms with Crippen LogP contribution in [0.1, 0.15) is 18.7 Å². The van der Waals surface area contributed by atoms with E-state index in [0.717, 1.165) is 42.7 Å². The van der Waals surface area contributed by atoms with Gasteiger partial charge in [-0.3, -0.25) is 0 Å². The highest BCUT2D eigenvalue weighted by Gasteiger charge is 2.24. The zero-order valence-electron chi connectivity index (χ0n) is 16.4. The Morgan fingerprint density at radius 3 is 2.17 bits per heavy atom. The molecule has 2 saturated heterocycles. The fourth-order valence-electron chi connectivity index (χ4n) is 3.73. The third-order valence-corrected chi connectivity index (χ3v) is 5.30. The third kappa shape index (κ3) is 4.38. The van der Waals surface area contributed by atoms with Gasteiger partial charge in [-0.2, -0.15) is 0 Å². The number of urea groups is 1. The molecule has 0 atom stereocenters. The first-order chi connectivity index (χ1) is 14.0. The summed E-state index contributed by atoms with van der Waals surface area (Å²) in [6.07, 6.45) is 2.36. The van der Waals surface area contributed by atoms with Crippen LogP contribution in [0.3, 0.4) is 0 Å². The number of carbonyl (C=O) groups is 1. The maximum Gasteiger partial charge on any atom is 0.322 e. The molecule has 7 nitrogen and oxygen atoms in total. The molecule has 1 aromatic carbocycles. The minimum absolute atomic E-state index is 0.0273. The van der Waals surface area contributed by atoms with Crippen LogP contribution in [0.25, 0.3) is 0 Å². The lowest BCUT2D eigenvalue weighted by Gasteiger charge is -2.35. The summed E-state index contributed by atoms with van der Waals surface area (Å²) in [5.41, 5.74) is -0.0273. The van der Waals surface area contributed by atoms with E-state index in [4.69, 9.17) is 0 Å². The number of halogens is 2. The highest BCUT2D eigenvalue weighted by molar-refractivity contribution is 5.89. The molecule has 1 N–H and O–H groups in total. The molecule has 0 radical (unpaired) electrons. The molecule has 2 aromatic rings. The standard InChI is InChI=1S/C20H24F2N6O/c1-14-23-18(26-6-2-3-7-26)13-19(24-14)27-8-10-28(11-9-27)20(29)25-17-5-4-15(21)12-16(17)22/h4-5,12-13H,2-3,6-11H2,1H3,(H,25,29). The Balaban J connectivity index is 1.38. The van der Waals surface area contributed by atoms with Gasteiger partial charge in [0, 0.05) is 51.4 Å². The van der Waals surface area contributed by atoms with E-state index in [2.05, 4.69) is 25.1 Å². The Bertz CT molecular complexity index is 895. The van der Waals surface area contributed by atoms with E-state index in [1.165, 1.54) is 18.9 Å². The summed E-state index contributed by atoms with van der Waals surface area (Å²) in [5, 5.41) is 2.51. The second kappa shape index (κ2) is 8.18. The zero-order chi connectivity index (χ0) is 20.4. The van der Waals surface area contributed by atoms with Crippen molar-refractivity contribution in [3.8, 4) is 0 Å². The van der Waals surface area contributed by atoms with Crippen molar-refractivity contribution in [1.29, 1.82) is 0 Å². The summed E-state index contributed by atoms with van der Waals surface area (Å²) < 4.78 is 26.8. The Morgan fingerprint density at radius 2 is 1.55 bits per heavy atom. The summed E-state index contributed by atoms with van der Waals surface area (Å²) in [5.74, 6) is 1.09. The van der Waals surface area contributed by atoms with E-state index in [1.54, 1.807) is 4.90 Å². The number of aryl methyl sites for hydroxylation is 1. The van der Waals surface area contributed by atoms with Gasteiger partial charge in [0.2, 0.25) is 0 Å². The molecule has 4 rings (SSSR count). The second-order valence-electron chi connectivity index (χ2n) is 7.35. The van der Waals surface area contributed by atoms with Gasteiger partial charge in [0.15, 0.2) is 0 Å². The van der Waals surface area contributed by atoms with Crippen LogP contribution in [0.4, 0.5) is 30.9 Å². The molecule has 1 aromatic heterocycles. The Labute approximate surface area is 168 Å². The Hall–Kier alpha value is -2.97. The van der Waals surface area contributed by atoms with Crippen molar-refractivity contribution < 1.29 is 13.6 Å². The van der Waals surface area contributed by atoms with Crippen molar-refractivity contribution in [2.75, 3.05) is 54.4 Å². The predicted molar refractivity (Wildman–Crippen MR) is 107 cm³/mol. The lowest BCUT2D eigenvalue weighted by atomic mass is 10.3. The summed E-state index contributed by atoms with van der Waals surface area (Å²) in [7, 11) is 0. The number of nitrogens with one attached hydrogen (secondary N) is 1. The van der Waals surface area contributed by atoms with Crippen molar-refractivity contribution in [1.82, 2.24) is 14.9 Å². The maximum absolute atomic E-state index is 13.8. The molecule has 0 bridgehead atoms. The molecule has 29 heavy (non-hydrogen) atoms. The van der Waals surface area contributed by atoms with Crippen LogP contribution in [0.5, 0.6) is 0 Å². The normalized spacial score (nSPS) is 17.0. The Morgan fingerprint density at radius 1 is 0.931 bits per heavy atom. The van der Waals surface area contributed by atoms with Crippen LogP contribution >= 0.6 is 0 Å². The van der Waals surface area contributed by atoms with E-state index in [-0.39, 0.29) is 5.69 Å². The van der Waals surface area contributed by atoms with E-state index < -0.39 is 17.7 Å². The monoisotopic (exact) mass is 402 g/mol. The van der Waals surface area contributed by atoms with Crippen molar-refractivity contribution in [2.45, 2.75) is 19.8 Å². The zero-order valence-corrected chi connectivity index (χ0v) is 16.4. The average molecular weight is 402 g/mol. The summed E-state index contributed by atoms with van der Waals surface area (Å²) in [6.45, 7) is 6.13. The minimum Gasteiger partial charge on any atom is -0.356 e. The van der Waals surface area contributed by atoms with Crippen LogP contribution in [-0.2, 0) is 0 Å². The highest BCUT2D eigenvalue weighted by atomic mass is 19.1. The number of hydrogen-bond acceptors (Lipinski definition) is 5. The number of nitrogens with zero attached hydrogens (tertiary/aromatic N) is 5. The van der Waals surface area contributed by atoms with E-state index >= 15 is 0 Å². The number of carbonyl (C=O) groups excluding carboxylic acids is 1. The summed E-state index contributed by atoms with van der Waals surface area (Å²) in [4.78, 5) is 27.6. The van der Waals surface area contributed by atoms with Crippen LogP contribution < -0.4 is 15.1 Å². The average Bonchev–Trinajstić information content (AvgIpc) is 3.25. The first-order valence-corrected chi connectivity index (χ1v) is 9.86. The number of benzene rings is 1. The SMILES string of the molecule is Cc1nc(N2CCCC2)cc(N2CCN(C(=O)Nc3ccc(F)cc3F)CC2)n1. The number of hydrogen-bond donors (Lipinski definition) is 1. The largest absolute Gasteiger partial charge is 0.356 e. The second-order valence-corrected chi connectivity index (χ2v) is 7.35. The first-order valence-electron chi connectivity index (χ1n) is 9.86. The van der Waals surface area contributed by atoms with E-state index in [1.807, 2.05) is 13.0 Å². The number of anilines is 3. The van der Waals surface area contributed by atoms with E-state index in [0.29, 0.717) is 26.2 Å². The van der Waals surface area contributed by atoms with Crippen LogP contribution in [0, 0.1) is 18.6 Å². The van der Waals surface area contributed by atoms with Gasteiger partial charge in [-0.1, -0.05) is 0 Å². The number of aromatic nitrogens is 2. The van der Waals surface area contributed by atoms with Crippen molar-refractivity contribution in [2.24, 2.45) is 0 Å². The van der Waals surface area contributed by atoms with Crippen LogP contribution in [0.15, 0.2) is 24.3 Å². The van der Waals surface area contributed by atoms with Gasteiger partial charge in [-0.05, 0) is 31.9 Å². The molecule has 0 spiro atoms. The van der Waals surface area contributed by atoms with Gasteiger partial charge in [0.05, 0.1) is 5.69 Å². The molecule has 0 aliphatic carbocycles. The third-order valence-electron chi connectivity index (χ3n) is 5.30. The van der Waals surface area contributed by atoms with E-state index in [9.17, 15) is 13.6 Å². The van der Waals surface area contributed by atoms with Crippen LogP contribution in [-0.4, -0.2) is 60.2 Å². The fraction of sp³-hybridized carbons (Fsp3) is 0.450. The quantitative estimate of drug-likeness (QED) is 0.855. The highest BCUT2D eigenvalue weighted by Crippen LogP contribution is 2.23. The van der Waals surface area contributed by atoms with Crippen molar-refractivity contribution in [3.63, 3.8) is 0 Å². The molecule has 2 aliphatic heterocycles. The van der Waals surface area contributed by atoms with Gasteiger partial charge >= 0.3 is 6.03 Å². The fourth-order valence-corrected chi connectivity index (χ4v) is 3.73. The van der Waals surface area contributed by atoms with Gasteiger partial charge in [0.1, 0.15) is 29.1 Å². The lowest BCUT2D eigenvalue weighted by molar-refractivity contribution is 0.208. The molecular formula is C20H24F2N6O. The molecule has 3 heterocycles. The minimum atomic E-state index is -0.789. The molecule has 0 saturated carbocycles. The lowest BCUT2D eigenvalue weighted by Crippen LogP contribution is -2.50. The molecule has 154 valence electrons. The van der Waals surface area contributed by atoms with Gasteiger partial charge in [0.25, 0.3) is 0 Å². The summed E-state index contributed by atoms with van der Waals surface area (Å²) in [6, 6.07) is 4.71. The first kappa shape index (κ1) is 19.4. The number of piperazine rings is 1. The van der Waals surface area contributed by atoms with Gasteiger partial charge < -0.3 is 20.0 Å². The Kier molecular flexibility index (Phi) is 5.46. The van der Waals surface area contributed by atoms with Crippen molar-refractivity contribution >= 4 is 23.4 Å². The smallest absolute Gasteiger partial charge is 0.322 e.